The number of carboxylic acid groups (broad SMARTS) is 1. The van der Waals surface area contributed by atoms with Crippen molar-refractivity contribution in [1.82, 2.24) is 15.5 Å². The van der Waals surface area contributed by atoms with Gasteiger partial charge in [-0.25, -0.2) is 4.79 Å². The minimum Gasteiger partial charge on any atom is -0.481 e. The standard InChI is InChI=1S/C22H33N3O3/c1-16-10-12-25(13-11-16)15-18-4-2-17(3-5-18)14-23-22(28)24-20-8-6-19(7-9-20)21(26)27/h2-5,16,19-20H,6-15H2,1H3,(H,26,27)(H2,23,24,28). The molecular weight excluding hydrogens is 354 g/mol. The van der Waals surface area contributed by atoms with E-state index >= 15 is 0 Å². The Hall–Kier alpha value is -2.08. The Morgan fingerprint density at radius 2 is 1.61 bits per heavy atom. The van der Waals surface area contributed by atoms with Gasteiger partial charge in [-0.1, -0.05) is 31.2 Å². The normalized spacial score (nSPS) is 23.9. The maximum Gasteiger partial charge on any atom is 0.315 e. The molecule has 6 heteroatoms. The van der Waals surface area contributed by atoms with Crippen molar-refractivity contribution in [3.63, 3.8) is 0 Å². The summed E-state index contributed by atoms with van der Waals surface area (Å²) in [5.41, 5.74) is 2.40. The van der Waals surface area contributed by atoms with Crippen LogP contribution in [0, 0.1) is 11.8 Å². The molecule has 3 N–H and O–H groups in total. The summed E-state index contributed by atoms with van der Waals surface area (Å²) in [5.74, 6) is -0.128. The zero-order chi connectivity index (χ0) is 19.9. The first-order valence-electron chi connectivity index (χ1n) is 10.6. The van der Waals surface area contributed by atoms with Crippen LogP contribution in [0.15, 0.2) is 24.3 Å². The Kier molecular flexibility index (Phi) is 7.31. The quantitative estimate of drug-likeness (QED) is 0.699. The predicted octanol–water partition coefficient (Wildman–Crippen LogP) is 3.36. The molecule has 1 saturated carbocycles. The third-order valence-electron chi connectivity index (χ3n) is 6.17. The number of nitrogens with one attached hydrogen (secondary N) is 2. The summed E-state index contributed by atoms with van der Waals surface area (Å²) in [7, 11) is 0. The van der Waals surface area contributed by atoms with Crippen LogP contribution in [0.4, 0.5) is 4.79 Å². The molecule has 0 unspecified atom stereocenters. The fraction of sp³-hybridized carbons (Fsp3) is 0.636. The highest BCUT2D eigenvalue weighted by Gasteiger charge is 2.26. The van der Waals surface area contributed by atoms with Gasteiger partial charge in [0.1, 0.15) is 0 Å². The van der Waals surface area contributed by atoms with Crippen molar-refractivity contribution in [2.75, 3.05) is 13.1 Å². The van der Waals surface area contributed by atoms with Gasteiger partial charge in [-0.15, -0.1) is 0 Å². The summed E-state index contributed by atoms with van der Waals surface area (Å²) < 4.78 is 0. The van der Waals surface area contributed by atoms with Crippen LogP contribution in [0.5, 0.6) is 0 Å². The molecule has 6 nitrogen and oxygen atoms in total. The van der Waals surface area contributed by atoms with E-state index < -0.39 is 5.97 Å². The fourth-order valence-electron chi connectivity index (χ4n) is 4.14. The van der Waals surface area contributed by atoms with Crippen LogP contribution in [-0.2, 0) is 17.9 Å². The number of urea groups is 1. The molecular formula is C22H33N3O3. The largest absolute Gasteiger partial charge is 0.481 e. The van der Waals surface area contributed by atoms with Crippen molar-refractivity contribution in [3.8, 4) is 0 Å². The molecule has 1 aromatic rings. The van der Waals surface area contributed by atoms with Crippen LogP contribution in [0.3, 0.4) is 0 Å². The Bertz CT molecular complexity index is 645. The van der Waals surface area contributed by atoms with Crippen molar-refractivity contribution in [2.45, 2.75) is 64.6 Å². The molecule has 0 radical (unpaired) electrons. The van der Waals surface area contributed by atoms with Crippen molar-refractivity contribution in [1.29, 1.82) is 0 Å². The summed E-state index contributed by atoms with van der Waals surface area (Å²) in [6, 6.07) is 8.37. The molecule has 28 heavy (non-hydrogen) atoms. The van der Waals surface area contributed by atoms with Crippen LogP contribution in [0.25, 0.3) is 0 Å². The number of amides is 2. The highest BCUT2D eigenvalue weighted by molar-refractivity contribution is 5.74. The zero-order valence-corrected chi connectivity index (χ0v) is 16.8. The van der Waals surface area contributed by atoms with Gasteiger partial charge in [0.2, 0.25) is 0 Å². The molecule has 2 amide bonds. The molecule has 1 aromatic carbocycles. The number of hydrogen-bond acceptors (Lipinski definition) is 3. The third-order valence-corrected chi connectivity index (χ3v) is 6.17. The molecule has 0 atom stereocenters. The molecule has 0 aromatic heterocycles. The molecule has 2 aliphatic rings. The Morgan fingerprint density at radius 3 is 2.21 bits per heavy atom. The van der Waals surface area contributed by atoms with Crippen molar-refractivity contribution < 1.29 is 14.7 Å². The molecule has 0 bridgehead atoms. The number of carboxylic acids is 1. The number of carbonyl (C=O) groups excluding carboxylic acids is 1. The summed E-state index contributed by atoms with van der Waals surface area (Å²) >= 11 is 0. The summed E-state index contributed by atoms with van der Waals surface area (Å²) in [4.78, 5) is 25.6. The lowest BCUT2D eigenvalue weighted by Crippen LogP contribution is -2.43. The maximum absolute atomic E-state index is 12.1. The van der Waals surface area contributed by atoms with E-state index in [1.165, 1.54) is 31.5 Å². The number of benzene rings is 1. The number of piperidine rings is 1. The van der Waals surface area contributed by atoms with Crippen molar-refractivity contribution in [3.05, 3.63) is 35.4 Å². The average molecular weight is 388 g/mol. The number of nitrogens with zero attached hydrogens (tertiary/aromatic N) is 1. The Balaban J connectivity index is 1.36. The molecule has 3 rings (SSSR count). The minimum absolute atomic E-state index is 0.0743. The minimum atomic E-state index is -0.721. The molecule has 2 fully saturated rings. The second-order valence-corrected chi connectivity index (χ2v) is 8.49. The van der Waals surface area contributed by atoms with Gasteiger partial charge in [-0.2, -0.15) is 0 Å². The molecule has 1 aliphatic heterocycles. The maximum atomic E-state index is 12.1. The number of likely N-dealkylation sites (tertiary alicyclic amines) is 1. The third kappa shape index (κ3) is 6.23. The van der Waals surface area contributed by atoms with Crippen LogP contribution in [-0.4, -0.2) is 41.1 Å². The average Bonchev–Trinajstić information content (AvgIpc) is 2.69. The van der Waals surface area contributed by atoms with Gasteiger partial charge in [0, 0.05) is 19.1 Å². The first-order chi connectivity index (χ1) is 13.5. The van der Waals surface area contributed by atoms with Crippen molar-refractivity contribution >= 4 is 12.0 Å². The monoisotopic (exact) mass is 387 g/mol. The van der Waals surface area contributed by atoms with Gasteiger partial charge in [0.05, 0.1) is 5.92 Å². The summed E-state index contributed by atoms with van der Waals surface area (Å²) in [6.07, 6.45) is 5.31. The number of aliphatic carboxylic acids is 1. The van der Waals surface area contributed by atoms with Gasteiger partial charge < -0.3 is 15.7 Å². The van der Waals surface area contributed by atoms with Crippen LogP contribution in [0.1, 0.15) is 56.6 Å². The van der Waals surface area contributed by atoms with Crippen LogP contribution < -0.4 is 10.6 Å². The van der Waals surface area contributed by atoms with E-state index in [1.807, 2.05) is 0 Å². The molecule has 0 spiro atoms. The lowest BCUT2D eigenvalue weighted by atomic mass is 9.86. The SMILES string of the molecule is CC1CCN(Cc2ccc(CNC(=O)NC3CCC(C(=O)O)CC3)cc2)CC1. The molecule has 1 heterocycles. The van der Waals surface area contributed by atoms with Gasteiger partial charge in [0.15, 0.2) is 0 Å². The second kappa shape index (κ2) is 9.92. The first-order valence-corrected chi connectivity index (χ1v) is 10.6. The topological polar surface area (TPSA) is 81.7 Å². The van der Waals surface area contributed by atoms with E-state index in [4.69, 9.17) is 5.11 Å². The molecule has 1 saturated heterocycles. The first kappa shape index (κ1) is 20.6. The van der Waals surface area contributed by atoms with Gasteiger partial charge >= 0.3 is 12.0 Å². The smallest absolute Gasteiger partial charge is 0.315 e. The highest BCUT2D eigenvalue weighted by atomic mass is 16.4. The number of hydrogen-bond donors (Lipinski definition) is 3. The van der Waals surface area contributed by atoms with Gasteiger partial charge in [-0.3, -0.25) is 9.69 Å². The van der Waals surface area contributed by atoms with Gasteiger partial charge in [-0.05, 0) is 68.7 Å². The zero-order valence-electron chi connectivity index (χ0n) is 16.8. The highest BCUT2D eigenvalue weighted by Crippen LogP contribution is 2.24. The Labute approximate surface area is 167 Å². The van der Waals surface area contributed by atoms with E-state index in [2.05, 4.69) is 46.7 Å². The second-order valence-electron chi connectivity index (χ2n) is 8.49. The number of rotatable bonds is 6. The lowest BCUT2D eigenvalue weighted by molar-refractivity contribution is -0.142. The lowest BCUT2D eigenvalue weighted by Gasteiger charge is -2.30. The van der Waals surface area contributed by atoms with E-state index in [0.29, 0.717) is 19.4 Å². The van der Waals surface area contributed by atoms with E-state index in [1.54, 1.807) is 0 Å². The van der Waals surface area contributed by atoms with E-state index in [0.717, 1.165) is 30.9 Å². The fourth-order valence-corrected chi connectivity index (χ4v) is 4.14. The van der Waals surface area contributed by atoms with Crippen LogP contribution >= 0.6 is 0 Å². The number of carbonyl (C=O) groups is 2. The van der Waals surface area contributed by atoms with Crippen LogP contribution in [0.2, 0.25) is 0 Å². The Morgan fingerprint density at radius 1 is 1.00 bits per heavy atom. The summed E-state index contributed by atoms with van der Waals surface area (Å²) in [6.45, 7) is 6.19. The predicted molar refractivity (Wildman–Crippen MR) is 109 cm³/mol. The van der Waals surface area contributed by atoms with Crippen molar-refractivity contribution in [2.24, 2.45) is 11.8 Å². The summed E-state index contributed by atoms with van der Waals surface area (Å²) in [5, 5.41) is 14.9. The van der Waals surface area contributed by atoms with E-state index in [-0.39, 0.29) is 18.0 Å². The van der Waals surface area contributed by atoms with Gasteiger partial charge in [0.25, 0.3) is 0 Å². The molecule has 154 valence electrons. The molecule has 1 aliphatic carbocycles. The van der Waals surface area contributed by atoms with E-state index in [9.17, 15) is 9.59 Å².